The standard InChI is InChI=1S/C12H18Cl2O4Si/c1-17-12(18-2)10(13)6-7(19(3,4)5)11(12,14)9(16)8(10)15/h7H,6H2,1-5H3/t7-,10+,11-/m0/s1. The molecule has 0 unspecified atom stereocenters. The van der Waals surface area contributed by atoms with Gasteiger partial charge in [-0.25, -0.2) is 0 Å². The number of halogens is 2. The molecule has 0 aromatic rings. The van der Waals surface area contributed by atoms with Gasteiger partial charge in [0.1, 0.15) is 0 Å². The number of ether oxygens (including phenoxy) is 2. The van der Waals surface area contributed by atoms with Gasteiger partial charge in [-0.15, -0.1) is 23.2 Å². The Morgan fingerprint density at radius 3 is 1.89 bits per heavy atom. The van der Waals surface area contributed by atoms with E-state index in [2.05, 4.69) is 19.6 Å². The molecule has 0 spiro atoms. The Bertz CT molecular complexity index is 457. The lowest BCUT2D eigenvalue weighted by molar-refractivity contribution is -0.218. The zero-order valence-electron chi connectivity index (χ0n) is 11.7. The van der Waals surface area contributed by atoms with Crippen LogP contribution in [0.5, 0.6) is 0 Å². The van der Waals surface area contributed by atoms with E-state index < -0.39 is 35.2 Å². The molecule has 0 radical (unpaired) electrons. The number of fused-ring (bicyclic) bond motifs is 2. The largest absolute Gasteiger partial charge is 0.349 e. The second-order valence-corrected chi connectivity index (χ2v) is 13.0. The van der Waals surface area contributed by atoms with Gasteiger partial charge in [0, 0.05) is 14.2 Å². The van der Waals surface area contributed by atoms with E-state index in [0.717, 1.165) is 0 Å². The van der Waals surface area contributed by atoms with E-state index in [1.807, 2.05) is 0 Å². The van der Waals surface area contributed by atoms with Crippen molar-refractivity contribution >= 4 is 42.8 Å². The number of carbonyl (C=O) groups excluding carboxylic acids is 2. The van der Waals surface area contributed by atoms with Crippen LogP contribution in [0.1, 0.15) is 6.42 Å². The number of Topliss-reactive ketones (excluding diaryl/α,β-unsaturated/α-hetero) is 2. The third-order valence-corrected chi connectivity index (χ3v) is 8.65. The van der Waals surface area contributed by atoms with Crippen molar-refractivity contribution in [3.05, 3.63) is 0 Å². The van der Waals surface area contributed by atoms with Crippen molar-refractivity contribution in [2.75, 3.05) is 14.2 Å². The molecule has 2 fully saturated rings. The summed E-state index contributed by atoms with van der Waals surface area (Å²) in [7, 11) is 0.903. The van der Waals surface area contributed by atoms with Crippen LogP contribution in [0.3, 0.4) is 0 Å². The highest BCUT2D eigenvalue weighted by molar-refractivity contribution is 6.82. The lowest BCUT2D eigenvalue weighted by Gasteiger charge is -2.41. The van der Waals surface area contributed by atoms with Crippen LogP contribution in [-0.2, 0) is 19.1 Å². The Balaban J connectivity index is 2.72. The molecular weight excluding hydrogens is 307 g/mol. The van der Waals surface area contributed by atoms with Crippen molar-refractivity contribution < 1.29 is 19.1 Å². The molecule has 7 heteroatoms. The summed E-state index contributed by atoms with van der Waals surface area (Å²) in [4.78, 5) is 21.5. The van der Waals surface area contributed by atoms with Gasteiger partial charge in [-0.1, -0.05) is 19.6 Å². The van der Waals surface area contributed by atoms with Crippen LogP contribution in [0.4, 0.5) is 0 Å². The number of methoxy groups -OCH3 is 2. The smallest absolute Gasteiger partial charge is 0.226 e. The zero-order chi connectivity index (χ0) is 14.9. The van der Waals surface area contributed by atoms with Gasteiger partial charge in [0.25, 0.3) is 0 Å². The number of hydrogen-bond acceptors (Lipinski definition) is 4. The first kappa shape index (κ1) is 15.4. The van der Waals surface area contributed by atoms with Crippen LogP contribution in [0.15, 0.2) is 0 Å². The van der Waals surface area contributed by atoms with Crippen LogP contribution in [0.25, 0.3) is 0 Å². The molecule has 2 saturated carbocycles. The van der Waals surface area contributed by atoms with Gasteiger partial charge in [-0.3, -0.25) is 9.59 Å². The van der Waals surface area contributed by atoms with Gasteiger partial charge in [0.2, 0.25) is 17.4 Å². The highest BCUT2D eigenvalue weighted by Crippen LogP contribution is 2.69. The SMILES string of the molecule is COC1(OC)[C@@]2(Cl)C[C@H]([Si](C)(C)C)[C@]1(Cl)C(=O)C2=O. The fraction of sp³-hybridized carbons (Fsp3) is 0.833. The van der Waals surface area contributed by atoms with E-state index in [0.29, 0.717) is 6.42 Å². The third kappa shape index (κ3) is 1.43. The maximum atomic E-state index is 12.4. The molecule has 2 bridgehead atoms. The number of alkyl halides is 2. The van der Waals surface area contributed by atoms with Gasteiger partial charge in [-0.2, -0.15) is 0 Å². The van der Waals surface area contributed by atoms with Crippen molar-refractivity contribution in [1.29, 1.82) is 0 Å². The molecule has 0 aromatic carbocycles. The second-order valence-electron chi connectivity index (χ2n) is 6.32. The Kier molecular flexibility index (Phi) is 3.28. The van der Waals surface area contributed by atoms with Crippen molar-refractivity contribution in [3.63, 3.8) is 0 Å². The summed E-state index contributed by atoms with van der Waals surface area (Å²) in [5, 5.41) is 0. The molecule has 0 heterocycles. The highest BCUT2D eigenvalue weighted by Gasteiger charge is 2.87. The first-order valence-electron chi connectivity index (χ1n) is 6.10. The van der Waals surface area contributed by atoms with E-state index >= 15 is 0 Å². The summed E-state index contributed by atoms with van der Waals surface area (Å²) in [5.41, 5.74) is -0.177. The Morgan fingerprint density at radius 1 is 1.11 bits per heavy atom. The van der Waals surface area contributed by atoms with Crippen LogP contribution >= 0.6 is 23.2 Å². The van der Waals surface area contributed by atoms with E-state index in [1.54, 1.807) is 0 Å². The summed E-state index contributed by atoms with van der Waals surface area (Å²) in [5.74, 6) is -2.95. The maximum absolute atomic E-state index is 12.4. The van der Waals surface area contributed by atoms with Crippen LogP contribution in [0, 0.1) is 0 Å². The fourth-order valence-corrected chi connectivity index (χ4v) is 8.19. The maximum Gasteiger partial charge on any atom is 0.226 e. The summed E-state index contributed by atoms with van der Waals surface area (Å²) < 4.78 is 10.8. The molecule has 0 aliphatic heterocycles. The summed E-state index contributed by atoms with van der Waals surface area (Å²) in [6.07, 6.45) is 0.319. The molecule has 108 valence electrons. The van der Waals surface area contributed by atoms with Gasteiger partial charge in [-0.05, 0) is 12.0 Å². The van der Waals surface area contributed by atoms with E-state index in [4.69, 9.17) is 32.7 Å². The predicted octanol–water partition coefficient (Wildman–Crippen LogP) is 2.19. The molecule has 19 heavy (non-hydrogen) atoms. The molecule has 3 atom stereocenters. The molecule has 2 aliphatic rings. The summed E-state index contributed by atoms with van der Waals surface area (Å²) in [6, 6.07) is 0. The van der Waals surface area contributed by atoms with Gasteiger partial charge >= 0.3 is 0 Å². The molecule has 0 amide bonds. The predicted molar refractivity (Wildman–Crippen MR) is 75.6 cm³/mol. The van der Waals surface area contributed by atoms with E-state index in [9.17, 15) is 9.59 Å². The van der Waals surface area contributed by atoms with E-state index in [1.165, 1.54) is 14.2 Å². The number of rotatable bonds is 3. The average molecular weight is 325 g/mol. The summed E-state index contributed by atoms with van der Waals surface area (Å²) in [6.45, 7) is 6.28. The minimum absolute atomic E-state index is 0.177. The first-order chi connectivity index (χ1) is 8.53. The summed E-state index contributed by atoms with van der Waals surface area (Å²) >= 11 is 13.1. The number of ketones is 2. The number of carbonyl (C=O) groups is 2. The molecule has 2 rings (SSSR count). The Morgan fingerprint density at radius 2 is 1.58 bits per heavy atom. The number of hydrogen-bond donors (Lipinski definition) is 0. The molecule has 0 aromatic heterocycles. The molecule has 0 saturated heterocycles. The topological polar surface area (TPSA) is 52.6 Å². The lowest BCUT2D eigenvalue weighted by atomic mass is 9.96. The molecule has 2 aliphatic carbocycles. The first-order valence-corrected chi connectivity index (χ1v) is 10.4. The highest BCUT2D eigenvalue weighted by atomic mass is 35.5. The minimum Gasteiger partial charge on any atom is -0.349 e. The Labute approximate surface area is 123 Å². The Hall–Kier alpha value is 0.0569. The molecular formula is C12H18Cl2O4Si. The second kappa shape index (κ2) is 4.04. The monoisotopic (exact) mass is 324 g/mol. The normalized spacial score (nSPS) is 41.1. The molecule has 4 nitrogen and oxygen atoms in total. The van der Waals surface area contributed by atoms with Crippen LogP contribution < -0.4 is 0 Å². The van der Waals surface area contributed by atoms with Crippen molar-refractivity contribution in [2.45, 2.75) is 47.1 Å². The van der Waals surface area contributed by atoms with Crippen molar-refractivity contribution in [2.24, 2.45) is 0 Å². The molecule has 0 N–H and O–H groups in total. The van der Waals surface area contributed by atoms with E-state index in [-0.39, 0.29) is 5.54 Å². The fourth-order valence-electron chi connectivity index (χ4n) is 3.58. The van der Waals surface area contributed by atoms with Crippen LogP contribution in [-0.4, -0.2) is 49.4 Å². The van der Waals surface area contributed by atoms with Crippen molar-refractivity contribution in [1.82, 2.24) is 0 Å². The van der Waals surface area contributed by atoms with Crippen molar-refractivity contribution in [3.8, 4) is 0 Å². The minimum atomic E-state index is -1.84. The van der Waals surface area contributed by atoms with Crippen LogP contribution in [0.2, 0.25) is 25.2 Å². The van der Waals surface area contributed by atoms with Gasteiger partial charge in [0.15, 0.2) is 9.75 Å². The van der Waals surface area contributed by atoms with Gasteiger partial charge in [0.05, 0.1) is 8.07 Å². The zero-order valence-corrected chi connectivity index (χ0v) is 14.2. The quantitative estimate of drug-likeness (QED) is 0.345. The van der Waals surface area contributed by atoms with Gasteiger partial charge < -0.3 is 9.47 Å². The third-order valence-electron chi connectivity index (χ3n) is 4.48. The lowest BCUT2D eigenvalue weighted by Crippen LogP contribution is -2.58. The average Bonchev–Trinajstić information content (AvgIpc) is 2.60.